The predicted molar refractivity (Wildman–Crippen MR) is 68.6 cm³/mol. The zero-order valence-corrected chi connectivity index (χ0v) is 10.5. The van der Waals surface area contributed by atoms with Crippen molar-refractivity contribution < 1.29 is 14.4 Å². The van der Waals surface area contributed by atoms with Gasteiger partial charge in [-0.25, -0.2) is 14.8 Å². The highest BCUT2D eigenvalue weighted by molar-refractivity contribution is 6.05. The van der Waals surface area contributed by atoms with Gasteiger partial charge in [-0.15, -0.1) is 0 Å². The van der Waals surface area contributed by atoms with Crippen LogP contribution >= 0.6 is 0 Å². The van der Waals surface area contributed by atoms with Gasteiger partial charge in [-0.05, 0) is 6.07 Å². The standard InChI is InChI=1S/C11H14N6O3/c18-8(6-7-9(19)17-11(20)16-7)12-4-5-15-10-13-2-1-3-14-10/h1-3,7H,4-6H2,(H,12,18)(H,13,14,15)(H2,16,17,19,20). The Bertz CT molecular complexity index is 506. The Morgan fingerprint density at radius 1 is 1.25 bits per heavy atom. The van der Waals surface area contributed by atoms with Crippen molar-refractivity contribution >= 4 is 23.8 Å². The molecule has 0 radical (unpaired) electrons. The first kappa shape index (κ1) is 13.7. The van der Waals surface area contributed by atoms with Gasteiger partial charge >= 0.3 is 6.03 Å². The number of carbonyl (C=O) groups is 3. The Hall–Kier alpha value is -2.71. The highest BCUT2D eigenvalue weighted by atomic mass is 16.2. The summed E-state index contributed by atoms with van der Waals surface area (Å²) in [6.07, 6.45) is 3.13. The first-order valence-electron chi connectivity index (χ1n) is 6.04. The van der Waals surface area contributed by atoms with Crippen LogP contribution in [0.25, 0.3) is 0 Å². The number of carbonyl (C=O) groups excluding carboxylic acids is 3. The van der Waals surface area contributed by atoms with Crippen molar-refractivity contribution in [1.29, 1.82) is 0 Å². The van der Waals surface area contributed by atoms with Crippen LogP contribution in [0.2, 0.25) is 0 Å². The summed E-state index contributed by atoms with van der Waals surface area (Å²) in [6.45, 7) is 0.818. The molecule has 2 rings (SSSR count). The summed E-state index contributed by atoms with van der Waals surface area (Å²) in [7, 11) is 0. The molecule has 1 saturated heterocycles. The molecule has 9 nitrogen and oxygen atoms in total. The van der Waals surface area contributed by atoms with Crippen LogP contribution in [0.5, 0.6) is 0 Å². The van der Waals surface area contributed by atoms with Gasteiger partial charge in [0.05, 0.1) is 6.42 Å². The van der Waals surface area contributed by atoms with Crippen LogP contribution < -0.4 is 21.3 Å². The summed E-state index contributed by atoms with van der Waals surface area (Å²) in [5.74, 6) is -0.326. The highest BCUT2D eigenvalue weighted by Gasteiger charge is 2.30. The van der Waals surface area contributed by atoms with E-state index in [-0.39, 0.29) is 12.3 Å². The van der Waals surface area contributed by atoms with Gasteiger partial charge in [-0.2, -0.15) is 0 Å². The molecule has 1 aromatic heterocycles. The Morgan fingerprint density at radius 3 is 2.65 bits per heavy atom. The van der Waals surface area contributed by atoms with E-state index in [1.165, 1.54) is 0 Å². The van der Waals surface area contributed by atoms with Crippen LogP contribution in [0.1, 0.15) is 6.42 Å². The monoisotopic (exact) mass is 278 g/mol. The first-order chi connectivity index (χ1) is 9.65. The molecule has 1 unspecified atom stereocenters. The van der Waals surface area contributed by atoms with Gasteiger partial charge in [-0.3, -0.25) is 14.9 Å². The van der Waals surface area contributed by atoms with E-state index in [2.05, 4.69) is 31.2 Å². The van der Waals surface area contributed by atoms with E-state index in [0.717, 1.165) is 0 Å². The Kier molecular flexibility index (Phi) is 4.43. The fraction of sp³-hybridized carbons (Fsp3) is 0.364. The molecule has 0 aromatic carbocycles. The fourth-order valence-electron chi connectivity index (χ4n) is 1.63. The van der Waals surface area contributed by atoms with E-state index in [9.17, 15) is 14.4 Å². The molecule has 4 N–H and O–H groups in total. The summed E-state index contributed by atoms with van der Waals surface area (Å²) >= 11 is 0. The molecule has 9 heteroatoms. The molecule has 1 aliphatic heterocycles. The predicted octanol–water partition coefficient (Wildman–Crippen LogP) is -1.40. The first-order valence-corrected chi connectivity index (χ1v) is 6.04. The van der Waals surface area contributed by atoms with Crippen molar-refractivity contribution in [2.24, 2.45) is 0 Å². The summed E-state index contributed by atoms with van der Waals surface area (Å²) in [5.41, 5.74) is 0. The van der Waals surface area contributed by atoms with E-state index in [0.29, 0.717) is 19.0 Å². The lowest BCUT2D eigenvalue weighted by atomic mass is 10.2. The van der Waals surface area contributed by atoms with E-state index in [1.54, 1.807) is 18.5 Å². The summed E-state index contributed by atoms with van der Waals surface area (Å²) in [5, 5.41) is 9.97. The van der Waals surface area contributed by atoms with Gasteiger partial charge in [0.2, 0.25) is 11.9 Å². The molecular weight excluding hydrogens is 264 g/mol. The topological polar surface area (TPSA) is 125 Å². The average Bonchev–Trinajstić information content (AvgIpc) is 2.74. The summed E-state index contributed by atoms with van der Waals surface area (Å²) < 4.78 is 0. The van der Waals surface area contributed by atoms with Crippen molar-refractivity contribution in [3.63, 3.8) is 0 Å². The maximum atomic E-state index is 11.6. The minimum atomic E-state index is -0.798. The van der Waals surface area contributed by atoms with Crippen LogP contribution in [-0.2, 0) is 9.59 Å². The number of nitrogens with zero attached hydrogens (tertiary/aromatic N) is 2. The second-order valence-corrected chi connectivity index (χ2v) is 4.07. The lowest BCUT2D eigenvalue weighted by Gasteiger charge is -2.09. The molecule has 4 amide bonds. The SMILES string of the molecule is O=C(CC1NC(=O)NC1=O)NCCNc1ncccn1. The molecule has 0 bridgehead atoms. The van der Waals surface area contributed by atoms with Gasteiger partial charge in [-0.1, -0.05) is 0 Å². The molecule has 20 heavy (non-hydrogen) atoms. The van der Waals surface area contributed by atoms with Crippen LogP contribution in [0.3, 0.4) is 0 Å². The molecule has 2 heterocycles. The lowest BCUT2D eigenvalue weighted by Crippen LogP contribution is -2.37. The molecule has 0 spiro atoms. The van der Waals surface area contributed by atoms with E-state index in [1.807, 2.05) is 0 Å². The zero-order chi connectivity index (χ0) is 14.4. The molecule has 1 aliphatic rings. The Morgan fingerprint density at radius 2 is 2.00 bits per heavy atom. The van der Waals surface area contributed by atoms with E-state index < -0.39 is 18.0 Å². The largest absolute Gasteiger partial charge is 0.354 e. The van der Waals surface area contributed by atoms with Crippen molar-refractivity contribution in [3.05, 3.63) is 18.5 Å². The molecule has 0 saturated carbocycles. The van der Waals surface area contributed by atoms with Gasteiger partial charge in [0.1, 0.15) is 6.04 Å². The minimum Gasteiger partial charge on any atom is -0.354 e. The maximum absolute atomic E-state index is 11.6. The quantitative estimate of drug-likeness (QED) is 0.375. The highest BCUT2D eigenvalue weighted by Crippen LogP contribution is 1.98. The summed E-state index contributed by atoms with van der Waals surface area (Å²) in [6, 6.07) is 0.331. The number of nitrogens with one attached hydrogen (secondary N) is 4. The molecule has 0 aliphatic carbocycles. The second-order valence-electron chi connectivity index (χ2n) is 4.07. The Labute approximate surface area is 114 Å². The van der Waals surface area contributed by atoms with Gasteiger partial charge in [0, 0.05) is 25.5 Å². The number of rotatable bonds is 6. The Balaban J connectivity index is 1.63. The minimum absolute atomic E-state index is 0.0839. The van der Waals surface area contributed by atoms with Crippen molar-refractivity contribution in [3.8, 4) is 0 Å². The molecule has 1 fully saturated rings. The third-order valence-electron chi connectivity index (χ3n) is 2.54. The third-order valence-corrected chi connectivity index (χ3v) is 2.54. The van der Waals surface area contributed by atoms with Crippen molar-refractivity contribution in [2.75, 3.05) is 18.4 Å². The smallest absolute Gasteiger partial charge is 0.322 e. The number of anilines is 1. The number of hydrogen-bond acceptors (Lipinski definition) is 6. The van der Waals surface area contributed by atoms with Crippen LogP contribution in [-0.4, -0.2) is 46.9 Å². The van der Waals surface area contributed by atoms with Crippen molar-refractivity contribution in [1.82, 2.24) is 25.9 Å². The third kappa shape index (κ3) is 3.90. The van der Waals surface area contributed by atoms with Crippen LogP contribution in [0.4, 0.5) is 10.7 Å². The van der Waals surface area contributed by atoms with Crippen LogP contribution in [0.15, 0.2) is 18.5 Å². The number of amides is 4. The van der Waals surface area contributed by atoms with Gasteiger partial charge < -0.3 is 16.0 Å². The lowest BCUT2D eigenvalue weighted by molar-refractivity contribution is -0.126. The van der Waals surface area contributed by atoms with Gasteiger partial charge in [0.15, 0.2) is 0 Å². The number of urea groups is 1. The molecule has 1 atom stereocenters. The molecule has 106 valence electrons. The molecular formula is C11H14N6O3. The van der Waals surface area contributed by atoms with Crippen molar-refractivity contribution in [2.45, 2.75) is 12.5 Å². The maximum Gasteiger partial charge on any atom is 0.322 e. The molecule has 1 aromatic rings. The summed E-state index contributed by atoms with van der Waals surface area (Å²) in [4.78, 5) is 41.6. The number of hydrogen-bond donors (Lipinski definition) is 4. The van der Waals surface area contributed by atoms with E-state index in [4.69, 9.17) is 0 Å². The van der Waals surface area contributed by atoms with Crippen LogP contribution in [0, 0.1) is 0 Å². The normalized spacial score (nSPS) is 17.3. The van der Waals surface area contributed by atoms with E-state index >= 15 is 0 Å². The number of imide groups is 1. The average molecular weight is 278 g/mol. The fourth-order valence-corrected chi connectivity index (χ4v) is 1.63. The second kappa shape index (κ2) is 6.45. The number of aromatic nitrogens is 2. The van der Waals surface area contributed by atoms with Gasteiger partial charge in [0.25, 0.3) is 5.91 Å². The zero-order valence-electron chi connectivity index (χ0n) is 10.5.